The Balaban J connectivity index is 2.25. The maximum Gasteiger partial charge on any atom is 0.0471 e. The normalized spacial score (nSPS) is 11.1. The van der Waals surface area contributed by atoms with Crippen LogP contribution in [0.4, 0.5) is 0 Å². The summed E-state index contributed by atoms with van der Waals surface area (Å²) in [6.45, 7) is 0.207. The van der Waals surface area contributed by atoms with E-state index in [0.29, 0.717) is 0 Å². The molecule has 0 aromatic heterocycles. The lowest BCUT2D eigenvalue weighted by atomic mass is 10.0. The maximum absolute atomic E-state index is 8.96. The molecule has 0 aliphatic carbocycles. The first-order valence-electron chi connectivity index (χ1n) is 5.89. The van der Waals surface area contributed by atoms with Crippen LogP contribution in [0.3, 0.4) is 0 Å². The van der Waals surface area contributed by atoms with E-state index < -0.39 is 0 Å². The molecule has 17 heavy (non-hydrogen) atoms. The van der Waals surface area contributed by atoms with Crippen LogP contribution in [0.15, 0.2) is 54.6 Å². The largest absolute Gasteiger partial charge is 0.396 e. The van der Waals surface area contributed by atoms with Crippen molar-refractivity contribution in [3.05, 3.63) is 60.2 Å². The number of benzene rings is 3. The summed E-state index contributed by atoms with van der Waals surface area (Å²) in [5.41, 5.74) is 1.19. The third-order valence-electron chi connectivity index (χ3n) is 3.17. The van der Waals surface area contributed by atoms with Gasteiger partial charge < -0.3 is 5.11 Å². The molecular weight excluding hydrogens is 208 g/mol. The van der Waals surface area contributed by atoms with Gasteiger partial charge in [0.05, 0.1) is 0 Å². The predicted molar refractivity (Wildman–Crippen MR) is 72.2 cm³/mol. The van der Waals surface area contributed by atoms with Crippen LogP contribution in [0.5, 0.6) is 0 Å². The first-order valence-corrected chi connectivity index (χ1v) is 5.89. The number of aliphatic hydroxyl groups excluding tert-OH is 1. The molecule has 0 saturated heterocycles. The summed E-state index contributed by atoms with van der Waals surface area (Å²) in [6, 6.07) is 19.2. The first-order chi connectivity index (χ1) is 8.36. The van der Waals surface area contributed by atoms with Gasteiger partial charge in [-0.2, -0.15) is 0 Å². The molecule has 84 valence electrons. The van der Waals surface area contributed by atoms with Gasteiger partial charge in [-0.1, -0.05) is 42.5 Å². The minimum absolute atomic E-state index is 0.207. The van der Waals surface area contributed by atoms with Crippen LogP contribution in [-0.4, -0.2) is 11.7 Å². The van der Waals surface area contributed by atoms with Gasteiger partial charge in [-0.15, -0.1) is 0 Å². The Hall–Kier alpha value is -1.86. The fourth-order valence-electron chi connectivity index (χ4n) is 2.27. The van der Waals surface area contributed by atoms with Gasteiger partial charge in [0.25, 0.3) is 0 Å². The van der Waals surface area contributed by atoms with Crippen molar-refractivity contribution < 1.29 is 5.11 Å². The molecule has 0 radical (unpaired) electrons. The summed E-state index contributed by atoms with van der Waals surface area (Å²) < 4.78 is 0. The van der Waals surface area contributed by atoms with Gasteiger partial charge in [-0.05, 0) is 45.7 Å². The molecule has 1 heteroatoms. The third kappa shape index (κ3) is 1.90. The highest BCUT2D eigenvalue weighted by molar-refractivity contribution is 5.98. The van der Waals surface area contributed by atoms with E-state index in [-0.39, 0.29) is 6.61 Å². The average Bonchev–Trinajstić information content (AvgIpc) is 2.36. The second kappa shape index (κ2) is 4.19. The van der Waals surface area contributed by atoms with Crippen molar-refractivity contribution in [3.63, 3.8) is 0 Å². The number of rotatable bonds is 2. The van der Waals surface area contributed by atoms with Crippen molar-refractivity contribution >= 4 is 21.5 Å². The lowest BCUT2D eigenvalue weighted by molar-refractivity contribution is 0.299. The molecule has 1 nitrogen and oxygen atoms in total. The summed E-state index contributed by atoms with van der Waals surface area (Å²) in [5, 5.41) is 14.0. The number of hydrogen-bond donors (Lipinski definition) is 1. The highest BCUT2D eigenvalue weighted by Crippen LogP contribution is 2.23. The fraction of sp³-hybridized carbons (Fsp3) is 0.125. The molecular formula is C16H14O. The summed E-state index contributed by atoms with van der Waals surface area (Å²) in [6.07, 6.45) is 0.725. The van der Waals surface area contributed by atoms with Crippen LogP contribution in [0.25, 0.3) is 21.5 Å². The average molecular weight is 222 g/mol. The highest BCUT2D eigenvalue weighted by Gasteiger charge is 1.99. The van der Waals surface area contributed by atoms with Crippen LogP contribution >= 0.6 is 0 Å². The molecule has 0 amide bonds. The molecule has 0 atom stereocenters. The van der Waals surface area contributed by atoms with Gasteiger partial charge in [-0.3, -0.25) is 0 Å². The summed E-state index contributed by atoms with van der Waals surface area (Å²) in [7, 11) is 0. The Morgan fingerprint density at radius 2 is 1.35 bits per heavy atom. The second-order valence-corrected chi connectivity index (χ2v) is 4.35. The van der Waals surface area contributed by atoms with Crippen LogP contribution in [0.2, 0.25) is 0 Å². The zero-order valence-corrected chi connectivity index (χ0v) is 9.56. The molecule has 0 fully saturated rings. The predicted octanol–water partition coefficient (Wildman–Crippen LogP) is 3.53. The van der Waals surface area contributed by atoms with Gasteiger partial charge in [0.2, 0.25) is 0 Å². The zero-order valence-electron chi connectivity index (χ0n) is 9.56. The quantitative estimate of drug-likeness (QED) is 0.658. The monoisotopic (exact) mass is 222 g/mol. The Morgan fingerprint density at radius 1 is 0.706 bits per heavy atom. The number of hydrogen-bond acceptors (Lipinski definition) is 1. The first kappa shape index (κ1) is 10.3. The molecule has 1 N–H and O–H groups in total. The molecule has 3 aromatic carbocycles. The van der Waals surface area contributed by atoms with Crippen molar-refractivity contribution in [1.29, 1.82) is 0 Å². The molecule has 0 bridgehead atoms. The Morgan fingerprint density at radius 3 is 2.06 bits per heavy atom. The van der Waals surface area contributed by atoms with E-state index in [0.717, 1.165) is 6.42 Å². The summed E-state index contributed by atoms with van der Waals surface area (Å²) in [4.78, 5) is 0. The van der Waals surface area contributed by atoms with E-state index in [4.69, 9.17) is 5.11 Å². The van der Waals surface area contributed by atoms with Crippen molar-refractivity contribution in [2.75, 3.05) is 6.61 Å². The summed E-state index contributed by atoms with van der Waals surface area (Å²) in [5.74, 6) is 0. The standard InChI is InChI=1S/C16H14O/c17-8-7-12-5-6-15-10-13-3-1-2-4-14(13)11-16(15)9-12/h1-6,9-11,17H,7-8H2. The van der Waals surface area contributed by atoms with E-state index >= 15 is 0 Å². The second-order valence-electron chi connectivity index (χ2n) is 4.35. The van der Waals surface area contributed by atoms with Crippen molar-refractivity contribution in [1.82, 2.24) is 0 Å². The lowest BCUT2D eigenvalue weighted by Gasteiger charge is -2.04. The van der Waals surface area contributed by atoms with Gasteiger partial charge in [0.1, 0.15) is 0 Å². The summed E-state index contributed by atoms with van der Waals surface area (Å²) >= 11 is 0. The molecule has 0 spiro atoms. The van der Waals surface area contributed by atoms with Gasteiger partial charge >= 0.3 is 0 Å². The van der Waals surface area contributed by atoms with E-state index in [1.807, 2.05) is 0 Å². The minimum atomic E-state index is 0.207. The molecule has 0 unspecified atom stereocenters. The molecule has 3 aromatic rings. The fourth-order valence-corrected chi connectivity index (χ4v) is 2.27. The lowest BCUT2D eigenvalue weighted by Crippen LogP contribution is -1.89. The van der Waals surface area contributed by atoms with Crippen LogP contribution < -0.4 is 0 Å². The number of aliphatic hydroxyl groups is 1. The molecule has 0 heterocycles. The molecule has 0 aliphatic rings. The Kier molecular flexibility index (Phi) is 2.54. The third-order valence-corrected chi connectivity index (χ3v) is 3.17. The van der Waals surface area contributed by atoms with Gasteiger partial charge in [0, 0.05) is 6.61 Å². The topological polar surface area (TPSA) is 20.2 Å². The Bertz CT molecular complexity index is 670. The van der Waals surface area contributed by atoms with Crippen molar-refractivity contribution in [2.45, 2.75) is 6.42 Å². The van der Waals surface area contributed by atoms with Gasteiger partial charge in [0.15, 0.2) is 0 Å². The van der Waals surface area contributed by atoms with E-state index in [9.17, 15) is 0 Å². The molecule has 0 aliphatic heterocycles. The molecule has 3 rings (SSSR count). The van der Waals surface area contributed by atoms with E-state index in [1.54, 1.807) is 0 Å². The van der Waals surface area contributed by atoms with E-state index in [1.165, 1.54) is 27.1 Å². The van der Waals surface area contributed by atoms with E-state index in [2.05, 4.69) is 54.6 Å². The highest BCUT2D eigenvalue weighted by atomic mass is 16.2. The number of fused-ring (bicyclic) bond motifs is 2. The smallest absolute Gasteiger partial charge is 0.0471 e. The maximum atomic E-state index is 8.96. The van der Waals surface area contributed by atoms with Crippen LogP contribution in [0, 0.1) is 0 Å². The van der Waals surface area contributed by atoms with Crippen molar-refractivity contribution in [3.8, 4) is 0 Å². The SMILES string of the molecule is OCCc1ccc2cc3ccccc3cc2c1. The van der Waals surface area contributed by atoms with Gasteiger partial charge in [-0.25, -0.2) is 0 Å². The van der Waals surface area contributed by atoms with Crippen molar-refractivity contribution in [2.24, 2.45) is 0 Å². The van der Waals surface area contributed by atoms with Crippen LogP contribution in [0.1, 0.15) is 5.56 Å². The van der Waals surface area contributed by atoms with Crippen LogP contribution in [-0.2, 0) is 6.42 Å². The Labute approximate surface area is 100 Å². The zero-order chi connectivity index (χ0) is 11.7. The minimum Gasteiger partial charge on any atom is -0.396 e. The molecule has 0 saturated carbocycles.